The van der Waals surface area contributed by atoms with Crippen LogP contribution >= 0.6 is 12.4 Å². The molecule has 1 aromatic carbocycles. The Bertz CT molecular complexity index is 732. The lowest BCUT2D eigenvalue weighted by Gasteiger charge is -2.07. The van der Waals surface area contributed by atoms with Gasteiger partial charge in [-0.3, -0.25) is 4.79 Å². The van der Waals surface area contributed by atoms with E-state index in [-0.39, 0.29) is 30.2 Å². The van der Waals surface area contributed by atoms with Crippen molar-refractivity contribution in [2.24, 2.45) is 5.73 Å². The van der Waals surface area contributed by atoms with Crippen LogP contribution in [0.3, 0.4) is 0 Å². The first-order valence-corrected chi connectivity index (χ1v) is 5.86. The summed E-state index contributed by atoms with van der Waals surface area (Å²) in [6.45, 7) is 1.32. The normalized spacial score (nSPS) is 12.1. The molecule has 1 aromatic heterocycles. The van der Waals surface area contributed by atoms with Gasteiger partial charge in [0, 0.05) is 12.0 Å². The number of carbonyl (C=O) groups is 1. The lowest BCUT2D eigenvalue weighted by Crippen LogP contribution is -2.33. The van der Waals surface area contributed by atoms with Crippen LogP contribution in [0.1, 0.15) is 11.3 Å². The van der Waals surface area contributed by atoms with Crippen molar-refractivity contribution in [3.05, 3.63) is 34.6 Å². The van der Waals surface area contributed by atoms with Gasteiger partial charge in [-0.05, 0) is 6.92 Å². The number of hydrogen-bond acceptors (Lipinski definition) is 4. The average molecular weight is 342 g/mol. The van der Waals surface area contributed by atoms with Gasteiger partial charge < -0.3 is 14.9 Å². The molecular formula is C13H12ClF4NO3. The highest BCUT2D eigenvalue weighted by atomic mass is 35.5. The molecule has 2 aromatic rings. The molecule has 0 spiro atoms. The number of aryl methyl sites for hydroxylation is 1. The number of fused-ring (bicyclic) bond motifs is 1. The number of nitrogens with two attached hydrogens (primary N) is 1. The van der Waals surface area contributed by atoms with Gasteiger partial charge in [-0.1, -0.05) is 0 Å². The fourth-order valence-electron chi connectivity index (χ4n) is 2.01. The number of hydrogen-bond donors (Lipinski definition) is 1. The Labute approximate surface area is 128 Å². The van der Waals surface area contributed by atoms with Crippen molar-refractivity contribution >= 4 is 29.3 Å². The van der Waals surface area contributed by atoms with Gasteiger partial charge in [0.1, 0.15) is 11.8 Å². The summed E-state index contributed by atoms with van der Waals surface area (Å²) in [6, 6.07) is -1.13. The van der Waals surface area contributed by atoms with Crippen LogP contribution in [0.25, 0.3) is 11.0 Å². The third kappa shape index (κ3) is 2.76. The van der Waals surface area contributed by atoms with Crippen molar-refractivity contribution in [1.29, 1.82) is 0 Å². The Hall–Kier alpha value is -1.80. The van der Waals surface area contributed by atoms with Gasteiger partial charge in [-0.25, -0.2) is 13.2 Å². The fraction of sp³-hybridized carbons (Fsp3) is 0.308. The van der Waals surface area contributed by atoms with Crippen LogP contribution < -0.4 is 5.73 Å². The smallest absolute Gasteiger partial charge is 0.323 e. The topological polar surface area (TPSA) is 65.5 Å². The molecule has 0 saturated heterocycles. The average Bonchev–Trinajstić information content (AvgIpc) is 2.79. The van der Waals surface area contributed by atoms with Crippen molar-refractivity contribution in [3.63, 3.8) is 0 Å². The molecule has 0 amide bonds. The second-order valence-corrected chi connectivity index (χ2v) is 4.44. The number of halogens is 5. The lowest BCUT2D eigenvalue weighted by atomic mass is 10.1. The summed E-state index contributed by atoms with van der Waals surface area (Å²) in [7, 11) is 1.12. The Morgan fingerprint density at radius 2 is 1.73 bits per heavy atom. The first kappa shape index (κ1) is 18.2. The van der Waals surface area contributed by atoms with Crippen molar-refractivity contribution < 1.29 is 31.5 Å². The zero-order valence-electron chi connectivity index (χ0n) is 11.5. The van der Waals surface area contributed by atoms with E-state index in [9.17, 15) is 22.4 Å². The first-order valence-electron chi connectivity index (χ1n) is 5.86. The molecule has 0 aliphatic carbocycles. The minimum atomic E-state index is -1.96. The highest BCUT2D eigenvalue weighted by Gasteiger charge is 2.28. The maximum absolute atomic E-state index is 13.7. The molecule has 9 heteroatoms. The standard InChI is InChI=1S/C13H11F4NO3.ClH/c1-4-6(3-5(18)13(19)20-2)21-12-7(4)8(14)9(15)10(16)11(12)17;/h5H,3,18H2,1-2H3;1H. The van der Waals surface area contributed by atoms with Crippen LogP contribution in [0.4, 0.5) is 17.6 Å². The predicted octanol–water partition coefficient (Wildman–Crippen LogP) is 2.76. The molecular weight excluding hydrogens is 330 g/mol. The Morgan fingerprint density at radius 3 is 2.27 bits per heavy atom. The van der Waals surface area contributed by atoms with Crippen LogP contribution in [0, 0.1) is 30.2 Å². The molecule has 2 N–H and O–H groups in total. The van der Waals surface area contributed by atoms with Gasteiger partial charge >= 0.3 is 5.97 Å². The van der Waals surface area contributed by atoms with Gasteiger partial charge in [-0.2, -0.15) is 4.39 Å². The summed E-state index contributed by atoms with van der Waals surface area (Å²) in [5, 5.41) is -0.515. The Kier molecular flexibility index (Phi) is 5.42. The Morgan fingerprint density at radius 1 is 1.18 bits per heavy atom. The summed E-state index contributed by atoms with van der Waals surface area (Å²) >= 11 is 0. The largest absolute Gasteiger partial charge is 0.468 e. The van der Waals surface area contributed by atoms with E-state index in [1.165, 1.54) is 6.92 Å². The van der Waals surface area contributed by atoms with E-state index in [4.69, 9.17) is 10.2 Å². The maximum atomic E-state index is 13.7. The number of ether oxygens (including phenoxy) is 1. The number of esters is 1. The Balaban J connectivity index is 0.00000242. The van der Waals surface area contributed by atoms with E-state index in [1.54, 1.807) is 0 Å². The second-order valence-electron chi connectivity index (χ2n) is 4.44. The van der Waals surface area contributed by atoms with E-state index in [1.807, 2.05) is 0 Å². The summed E-state index contributed by atoms with van der Waals surface area (Å²) in [6.07, 6.45) is -0.227. The number of carbonyl (C=O) groups excluding carboxylic acids is 1. The minimum Gasteiger partial charge on any atom is -0.468 e. The second kappa shape index (κ2) is 6.53. The third-order valence-electron chi connectivity index (χ3n) is 3.15. The molecule has 1 heterocycles. The van der Waals surface area contributed by atoms with Crippen LogP contribution in [-0.2, 0) is 16.0 Å². The molecule has 4 nitrogen and oxygen atoms in total. The zero-order chi connectivity index (χ0) is 15.9. The molecule has 0 bridgehead atoms. The SMILES string of the molecule is COC(=O)C(N)Cc1oc2c(F)c(F)c(F)c(F)c2c1C.Cl. The molecule has 0 aliphatic rings. The molecule has 1 atom stereocenters. The highest BCUT2D eigenvalue weighted by molar-refractivity contribution is 5.85. The van der Waals surface area contributed by atoms with E-state index < -0.39 is 46.2 Å². The summed E-state index contributed by atoms with van der Waals surface area (Å²) in [5.41, 5.74) is 4.80. The number of benzene rings is 1. The minimum absolute atomic E-state index is 0. The highest BCUT2D eigenvalue weighted by Crippen LogP contribution is 2.33. The van der Waals surface area contributed by atoms with E-state index in [0.717, 1.165) is 7.11 Å². The summed E-state index contributed by atoms with van der Waals surface area (Å²) in [5.74, 6) is -7.88. The fourth-order valence-corrected chi connectivity index (χ4v) is 2.01. The first-order chi connectivity index (χ1) is 9.79. The van der Waals surface area contributed by atoms with E-state index >= 15 is 0 Å². The van der Waals surface area contributed by atoms with E-state index in [2.05, 4.69) is 4.74 Å². The zero-order valence-corrected chi connectivity index (χ0v) is 12.3. The summed E-state index contributed by atoms with van der Waals surface area (Å²) in [4.78, 5) is 11.2. The van der Waals surface area contributed by atoms with Gasteiger partial charge in [0.15, 0.2) is 17.2 Å². The summed E-state index contributed by atoms with van der Waals surface area (Å²) < 4.78 is 63.1. The van der Waals surface area contributed by atoms with Gasteiger partial charge in [0.2, 0.25) is 11.6 Å². The van der Waals surface area contributed by atoms with E-state index in [0.29, 0.717) is 0 Å². The number of rotatable bonds is 3. The molecule has 1 unspecified atom stereocenters. The van der Waals surface area contributed by atoms with Crippen molar-refractivity contribution in [2.75, 3.05) is 7.11 Å². The molecule has 0 fully saturated rings. The third-order valence-corrected chi connectivity index (χ3v) is 3.15. The molecule has 2 rings (SSSR count). The van der Waals surface area contributed by atoms with Crippen LogP contribution in [0.15, 0.2) is 4.42 Å². The van der Waals surface area contributed by atoms with Crippen LogP contribution in [-0.4, -0.2) is 19.1 Å². The molecule has 22 heavy (non-hydrogen) atoms. The van der Waals surface area contributed by atoms with Gasteiger partial charge in [0.25, 0.3) is 0 Å². The predicted molar refractivity (Wildman–Crippen MR) is 71.7 cm³/mol. The monoisotopic (exact) mass is 341 g/mol. The lowest BCUT2D eigenvalue weighted by molar-refractivity contribution is -0.142. The number of furan rings is 1. The molecule has 0 saturated carbocycles. The molecule has 0 aliphatic heterocycles. The van der Waals surface area contributed by atoms with Gasteiger partial charge in [0.05, 0.1) is 12.5 Å². The van der Waals surface area contributed by atoms with Crippen molar-refractivity contribution in [3.8, 4) is 0 Å². The van der Waals surface area contributed by atoms with Gasteiger partial charge in [-0.15, -0.1) is 12.4 Å². The van der Waals surface area contributed by atoms with Crippen LogP contribution in [0.2, 0.25) is 0 Å². The maximum Gasteiger partial charge on any atom is 0.323 e. The molecule has 0 radical (unpaired) electrons. The van der Waals surface area contributed by atoms with Crippen molar-refractivity contribution in [2.45, 2.75) is 19.4 Å². The quantitative estimate of drug-likeness (QED) is 0.403. The van der Waals surface area contributed by atoms with Crippen molar-refractivity contribution in [1.82, 2.24) is 0 Å². The van der Waals surface area contributed by atoms with Crippen LogP contribution in [0.5, 0.6) is 0 Å². The number of methoxy groups -OCH3 is 1. The molecule has 122 valence electrons.